The Balaban J connectivity index is 1.31. The maximum atomic E-state index is 14.1. The number of ether oxygens (including phenoxy) is 2. The summed E-state index contributed by atoms with van der Waals surface area (Å²) in [6, 6.07) is 35.3. The zero-order chi connectivity index (χ0) is 30.6. The van der Waals surface area contributed by atoms with Gasteiger partial charge in [-0.15, -0.1) is 0 Å². The Labute approximate surface area is 263 Å². The van der Waals surface area contributed by atoms with E-state index in [2.05, 4.69) is 65.3 Å². The van der Waals surface area contributed by atoms with Crippen LogP contribution in [0.5, 0.6) is 11.5 Å². The van der Waals surface area contributed by atoms with Gasteiger partial charge in [-0.1, -0.05) is 98.6 Å². The van der Waals surface area contributed by atoms with Crippen LogP contribution in [0.2, 0.25) is 0 Å². The Morgan fingerprint density at radius 2 is 1.43 bits per heavy atom. The molecule has 0 spiro atoms. The molecular weight excluding hydrogens is 544 g/mol. The van der Waals surface area contributed by atoms with E-state index in [0.29, 0.717) is 24.7 Å². The number of aryl methyl sites for hydroxylation is 1. The monoisotopic (exact) mass is 590 g/mol. The number of carbonyl (C=O) groups is 1. The van der Waals surface area contributed by atoms with Crippen molar-refractivity contribution in [3.05, 3.63) is 131 Å². The second-order valence-electron chi connectivity index (χ2n) is 11.8. The minimum Gasteiger partial charge on any atom is -0.493 e. The van der Waals surface area contributed by atoms with Gasteiger partial charge in [0.25, 0.3) is 5.91 Å². The molecule has 4 aromatic carbocycles. The normalized spacial score (nSPS) is 13.9. The van der Waals surface area contributed by atoms with Crippen molar-refractivity contribution in [2.75, 3.05) is 20.2 Å². The summed E-state index contributed by atoms with van der Waals surface area (Å²) in [4.78, 5) is 18.7. The molecule has 0 atom stereocenters. The summed E-state index contributed by atoms with van der Waals surface area (Å²) in [7, 11) is 1.67. The van der Waals surface area contributed by atoms with Gasteiger partial charge in [0.15, 0.2) is 11.5 Å². The van der Waals surface area contributed by atoms with Crippen molar-refractivity contribution in [2.45, 2.75) is 71.2 Å². The topological polar surface area (TPSA) is 42.0 Å². The summed E-state index contributed by atoms with van der Waals surface area (Å²) in [5.74, 6) is 1.47. The van der Waals surface area contributed by atoms with Crippen LogP contribution in [0.15, 0.2) is 103 Å². The van der Waals surface area contributed by atoms with Crippen molar-refractivity contribution in [3.8, 4) is 11.5 Å². The molecule has 1 saturated heterocycles. The van der Waals surface area contributed by atoms with Crippen LogP contribution in [0.4, 0.5) is 0 Å². The van der Waals surface area contributed by atoms with Crippen LogP contribution in [0.1, 0.15) is 71.6 Å². The summed E-state index contributed by atoms with van der Waals surface area (Å²) in [5, 5.41) is 0. The largest absolute Gasteiger partial charge is 0.493 e. The smallest absolute Gasteiger partial charge is 0.254 e. The van der Waals surface area contributed by atoms with E-state index in [1.807, 2.05) is 54.6 Å². The van der Waals surface area contributed by atoms with E-state index < -0.39 is 0 Å². The Kier molecular flexibility index (Phi) is 11.5. The van der Waals surface area contributed by atoms with Gasteiger partial charge in [-0.2, -0.15) is 0 Å². The SMILES string of the molecule is CCCCCc1ccc(C(=O)N(Cc2ccc(OCc3ccccc3)c(OC)c2)C2CCN(Cc3ccccc3)CC2)cc1. The standard InChI is InChI=1S/C39H46N2O3/c1-3-4-7-12-31-17-20-35(21-18-31)39(42)41(36-23-25-40(26-24-36)28-32-13-8-5-9-14-32)29-34-19-22-37(38(27-34)43-2)44-30-33-15-10-6-11-16-33/h5-6,8-11,13-22,27,36H,3-4,7,12,23-26,28-30H2,1-2H3. The number of piperidine rings is 1. The number of methoxy groups -OCH3 is 1. The second kappa shape index (κ2) is 16.1. The number of amides is 1. The Hall–Kier alpha value is -4.09. The van der Waals surface area contributed by atoms with Gasteiger partial charge < -0.3 is 14.4 Å². The lowest BCUT2D eigenvalue weighted by molar-refractivity contribution is 0.0542. The van der Waals surface area contributed by atoms with Crippen LogP contribution in [-0.4, -0.2) is 41.9 Å². The van der Waals surface area contributed by atoms with Crippen molar-refractivity contribution in [2.24, 2.45) is 0 Å². The zero-order valence-corrected chi connectivity index (χ0v) is 26.3. The van der Waals surface area contributed by atoms with Gasteiger partial charge in [-0.3, -0.25) is 9.69 Å². The highest BCUT2D eigenvalue weighted by Gasteiger charge is 2.29. The number of likely N-dealkylation sites (tertiary alicyclic amines) is 1. The molecule has 0 N–H and O–H groups in total. The van der Waals surface area contributed by atoms with Crippen LogP contribution in [0.3, 0.4) is 0 Å². The molecule has 0 aromatic heterocycles. The molecule has 1 aliphatic heterocycles. The molecule has 0 unspecified atom stereocenters. The molecule has 1 heterocycles. The van der Waals surface area contributed by atoms with Crippen molar-refractivity contribution < 1.29 is 14.3 Å². The summed E-state index contributed by atoms with van der Waals surface area (Å²) in [5.41, 5.74) is 5.52. The summed E-state index contributed by atoms with van der Waals surface area (Å²) in [6.45, 7) is 6.10. The van der Waals surface area contributed by atoms with E-state index in [1.165, 1.54) is 30.4 Å². The van der Waals surface area contributed by atoms with Crippen LogP contribution in [0, 0.1) is 0 Å². The molecule has 5 rings (SSSR count). The minimum atomic E-state index is 0.0926. The van der Waals surface area contributed by atoms with Crippen molar-refractivity contribution in [1.82, 2.24) is 9.80 Å². The third-order valence-corrected chi connectivity index (χ3v) is 8.60. The zero-order valence-electron chi connectivity index (χ0n) is 26.3. The molecule has 230 valence electrons. The average molecular weight is 591 g/mol. The first kappa shape index (κ1) is 31.3. The Morgan fingerprint density at radius 1 is 0.773 bits per heavy atom. The summed E-state index contributed by atoms with van der Waals surface area (Å²) in [6.07, 6.45) is 6.58. The third-order valence-electron chi connectivity index (χ3n) is 8.60. The maximum Gasteiger partial charge on any atom is 0.254 e. The first-order chi connectivity index (χ1) is 21.6. The molecular formula is C39H46N2O3. The van der Waals surface area contributed by atoms with Crippen molar-refractivity contribution in [3.63, 3.8) is 0 Å². The highest BCUT2D eigenvalue weighted by Crippen LogP contribution is 2.31. The van der Waals surface area contributed by atoms with Crippen LogP contribution in [-0.2, 0) is 26.1 Å². The van der Waals surface area contributed by atoms with Gasteiger partial charge in [0.2, 0.25) is 0 Å². The molecule has 1 amide bonds. The fraction of sp³-hybridized carbons (Fsp3) is 0.359. The maximum absolute atomic E-state index is 14.1. The highest BCUT2D eigenvalue weighted by molar-refractivity contribution is 5.94. The number of rotatable bonds is 14. The molecule has 1 aliphatic rings. The lowest BCUT2D eigenvalue weighted by atomic mass is 9.99. The fourth-order valence-electron chi connectivity index (χ4n) is 6.02. The first-order valence-electron chi connectivity index (χ1n) is 16.1. The number of nitrogens with zero attached hydrogens (tertiary/aromatic N) is 2. The molecule has 44 heavy (non-hydrogen) atoms. The quantitative estimate of drug-likeness (QED) is 0.139. The van der Waals surface area contributed by atoms with Gasteiger partial charge in [-0.25, -0.2) is 0 Å². The predicted octanol–water partition coefficient (Wildman–Crippen LogP) is 8.31. The van der Waals surface area contributed by atoms with Crippen LogP contribution >= 0.6 is 0 Å². The molecule has 0 bridgehead atoms. The lowest BCUT2D eigenvalue weighted by Gasteiger charge is -2.39. The minimum absolute atomic E-state index is 0.0926. The van der Waals surface area contributed by atoms with Gasteiger partial charge in [0.05, 0.1) is 7.11 Å². The first-order valence-corrected chi connectivity index (χ1v) is 16.1. The summed E-state index contributed by atoms with van der Waals surface area (Å²) < 4.78 is 11.8. The van der Waals surface area contributed by atoms with Gasteiger partial charge >= 0.3 is 0 Å². The molecule has 4 aromatic rings. The van der Waals surface area contributed by atoms with E-state index in [9.17, 15) is 4.79 Å². The van der Waals surface area contributed by atoms with Crippen molar-refractivity contribution >= 4 is 5.91 Å². The molecule has 1 fully saturated rings. The number of hydrogen-bond acceptors (Lipinski definition) is 4. The lowest BCUT2D eigenvalue weighted by Crippen LogP contribution is -2.46. The fourth-order valence-corrected chi connectivity index (χ4v) is 6.02. The van der Waals surface area contributed by atoms with Gasteiger partial charge in [-0.05, 0) is 72.2 Å². The van der Waals surface area contributed by atoms with E-state index in [0.717, 1.165) is 55.6 Å². The molecule has 0 radical (unpaired) electrons. The van der Waals surface area contributed by atoms with E-state index in [1.54, 1.807) is 7.11 Å². The van der Waals surface area contributed by atoms with E-state index >= 15 is 0 Å². The molecule has 0 saturated carbocycles. The van der Waals surface area contributed by atoms with Gasteiger partial charge in [0.1, 0.15) is 6.61 Å². The van der Waals surface area contributed by atoms with Gasteiger partial charge in [0, 0.05) is 37.8 Å². The number of carbonyl (C=O) groups excluding carboxylic acids is 1. The van der Waals surface area contributed by atoms with Crippen LogP contribution in [0.25, 0.3) is 0 Å². The van der Waals surface area contributed by atoms with Crippen molar-refractivity contribution in [1.29, 1.82) is 0 Å². The Morgan fingerprint density at radius 3 is 2.09 bits per heavy atom. The molecule has 5 nitrogen and oxygen atoms in total. The third kappa shape index (κ3) is 8.73. The van der Waals surface area contributed by atoms with E-state index in [-0.39, 0.29) is 11.9 Å². The molecule has 0 aliphatic carbocycles. The Bertz CT molecular complexity index is 1430. The second-order valence-corrected chi connectivity index (χ2v) is 11.8. The number of benzene rings is 4. The predicted molar refractivity (Wildman–Crippen MR) is 178 cm³/mol. The molecule has 5 heteroatoms. The number of unbranched alkanes of at least 4 members (excludes halogenated alkanes) is 2. The summed E-state index contributed by atoms with van der Waals surface area (Å²) >= 11 is 0. The average Bonchev–Trinajstić information content (AvgIpc) is 3.08. The number of hydrogen-bond donors (Lipinski definition) is 0. The van der Waals surface area contributed by atoms with Crippen LogP contribution < -0.4 is 9.47 Å². The highest BCUT2D eigenvalue weighted by atomic mass is 16.5. The van der Waals surface area contributed by atoms with E-state index in [4.69, 9.17) is 9.47 Å².